The number of carbonyl (C=O) groups is 1. The molecule has 0 saturated carbocycles. The van der Waals surface area contributed by atoms with Crippen molar-refractivity contribution in [3.8, 4) is 5.75 Å². The van der Waals surface area contributed by atoms with Crippen LogP contribution in [-0.4, -0.2) is 5.97 Å². The lowest BCUT2D eigenvalue weighted by Gasteiger charge is -2.06. The first-order valence-corrected chi connectivity index (χ1v) is 6.58. The molecule has 2 aromatic rings. The molecule has 2 nitrogen and oxygen atoms in total. The number of ether oxygens (including phenoxy) is 1. The first-order chi connectivity index (χ1) is 8.58. The van der Waals surface area contributed by atoms with Gasteiger partial charge in [0.15, 0.2) is 11.6 Å². The van der Waals surface area contributed by atoms with E-state index in [1.165, 1.54) is 12.1 Å². The van der Waals surface area contributed by atoms with E-state index in [4.69, 9.17) is 4.74 Å². The lowest BCUT2D eigenvalue weighted by molar-refractivity contribution is 0.0727. The number of carbonyl (C=O) groups excluding carboxylic acids is 1. The van der Waals surface area contributed by atoms with Crippen molar-refractivity contribution in [2.75, 3.05) is 0 Å². The smallest absolute Gasteiger partial charge is 0.344 e. The van der Waals surface area contributed by atoms with Crippen molar-refractivity contribution in [3.63, 3.8) is 0 Å². The van der Waals surface area contributed by atoms with Gasteiger partial charge in [-0.15, -0.1) is 0 Å². The lowest BCUT2D eigenvalue weighted by atomic mass is 10.2. The molecule has 0 amide bonds. The molecule has 0 aromatic heterocycles. The van der Waals surface area contributed by atoms with Crippen LogP contribution in [0.25, 0.3) is 0 Å². The molecule has 2 aromatic carbocycles. The van der Waals surface area contributed by atoms with Gasteiger partial charge in [-0.2, -0.15) is 0 Å². The molecule has 0 aliphatic carbocycles. The van der Waals surface area contributed by atoms with Gasteiger partial charge in [0.2, 0.25) is 0 Å². The zero-order valence-corrected chi connectivity index (χ0v) is 12.2. The minimum Gasteiger partial charge on any atom is -0.420 e. The van der Waals surface area contributed by atoms with Crippen molar-refractivity contribution in [3.05, 3.63) is 62.8 Å². The van der Waals surface area contributed by atoms with Crippen LogP contribution < -0.4 is 4.74 Å². The monoisotopic (exact) mass is 372 g/mol. The molecule has 0 atom stereocenters. The second-order valence-electron chi connectivity index (χ2n) is 3.44. The molecular formula is C13H7Br2FO2. The van der Waals surface area contributed by atoms with Crippen LogP contribution in [0.15, 0.2) is 51.4 Å². The maximum Gasteiger partial charge on any atom is 0.344 e. The van der Waals surface area contributed by atoms with E-state index in [0.29, 0.717) is 14.5 Å². The van der Waals surface area contributed by atoms with Crippen LogP contribution in [0.5, 0.6) is 5.75 Å². The predicted octanol–water partition coefficient (Wildman–Crippen LogP) is 4.57. The summed E-state index contributed by atoms with van der Waals surface area (Å²) in [6, 6.07) is 11.0. The molecule has 0 unspecified atom stereocenters. The summed E-state index contributed by atoms with van der Waals surface area (Å²) in [6.07, 6.45) is 0. The highest BCUT2D eigenvalue weighted by Gasteiger charge is 2.14. The molecule has 0 heterocycles. The number of rotatable bonds is 2. The van der Waals surface area contributed by atoms with E-state index in [-0.39, 0.29) is 5.75 Å². The van der Waals surface area contributed by atoms with Gasteiger partial charge in [-0.25, -0.2) is 9.18 Å². The molecule has 0 saturated heterocycles. The Labute approximate surface area is 120 Å². The van der Waals surface area contributed by atoms with Gasteiger partial charge in [-0.1, -0.05) is 28.1 Å². The van der Waals surface area contributed by atoms with Crippen LogP contribution in [0.4, 0.5) is 4.39 Å². The molecule has 0 aliphatic rings. The van der Waals surface area contributed by atoms with Crippen LogP contribution in [0.3, 0.4) is 0 Å². The van der Waals surface area contributed by atoms with Crippen molar-refractivity contribution in [2.45, 2.75) is 0 Å². The molecule has 0 N–H and O–H groups in total. The minimum absolute atomic E-state index is 0.0982. The standard InChI is InChI=1S/C13H7Br2FO2/c14-8-5-6-12(11(16)7-8)18-13(17)9-3-1-2-4-10(9)15/h1-7H. The summed E-state index contributed by atoms with van der Waals surface area (Å²) >= 11 is 6.37. The van der Waals surface area contributed by atoms with E-state index in [0.717, 1.165) is 0 Å². The molecule has 0 bridgehead atoms. The zero-order chi connectivity index (χ0) is 13.1. The number of halogens is 3. The van der Waals surface area contributed by atoms with Gasteiger partial charge in [0, 0.05) is 8.95 Å². The Kier molecular flexibility index (Phi) is 4.14. The van der Waals surface area contributed by atoms with E-state index in [9.17, 15) is 9.18 Å². The summed E-state index contributed by atoms with van der Waals surface area (Å²) in [5.74, 6) is -1.30. The predicted molar refractivity (Wildman–Crippen MR) is 73.2 cm³/mol. The normalized spacial score (nSPS) is 10.2. The summed E-state index contributed by atoms with van der Waals surface area (Å²) in [4.78, 5) is 11.8. The number of hydrogen-bond donors (Lipinski definition) is 0. The van der Waals surface area contributed by atoms with Crippen molar-refractivity contribution >= 4 is 37.8 Å². The molecule has 5 heteroatoms. The molecule has 2 rings (SSSR count). The van der Waals surface area contributed by atoms with E-state index in [1.54, 1.807) is 30.3 Å². The molecule has 0 aliphatic heterocycles. The largest absolute Gasteiger partial charge is 0.420 e. The van der Waals surface area contributed by atoms with Crippen LogP contribution in [0, 0.1) is 5.82 Å². The maximum atomic E-state index is 13.5. The fourth-order valence-electron chi connectivity index (χ4n) is 1.34. The Hall–Kier alpha value is -1.20. The minimum atomic E-state index is -0.608. The third-order valence-corrected chi connectivity index (χ3v) is 3.38. The van der Waals surface area contributed by atoms with Gasteiger partial charge in [0.05, 0.1) is 5.56 Å². The Morgan fingerprint density at radius 2 is 1.83 bits per heavy atom. The zero-order valence-electron chi connectivity index (χ0n) is 8.99. The van der Waals surface area contributed by atoms with Gasteiger partial charge in [-0.05, 0) is 46.3 Å². The third kappa shape index (κ3) is 2.97. The quantitative estimate of drug-likeness (QED) is 0.569. The van der Waals surface area contributed by atoms with Gasteiger partial charge in [0.1, 0.15) is 0 Å². The van der Waals surface area contributed by atoms with Crippen molar-refractivity contribution in [2.24, 2.45) is 0 Å². The van der Waals surface area contributed by atoms with Crippen LogP contribution in [0.1, 0.15) is 10.4 Å². The molecule has 18 heavy (non-hydrogen) atoms. The van der Waals surface area contributed by atoms with Crippen LogP contribution in [0.2, 0.25) is 0 Å². The molecule has 0 fully saturated rings. The first-order valence-electron chi connectivity index (χ1n) is 4.99. The average Bonchev–Trinajstić information content (AvgIpc) is 2.33. The summed E-state index contributed by atoms with van der Waals surface area (Å²) in [7, 11) is 0. The Morgan fingerprint density at radius 3 is 2.50 bits per heavy atom. The Bertz CT molecular complexity index is 599. The Morgan fingerprint density at radius 1 is 1.11 bits per heavy atom. The maximum absolute atomic E-state index is 13.5. The van der Waals surface area contributed by atoms with Crippen molar-refractivity contribution in [1.82, 2.24) is 0 Å². The summed E-state index contributed by atoms with van der Waals surface area (Å²) in [5, 5.41) is 0. The lowest BCUT2D eigenvalue weighted by Crippen LogP contribution is -2.10. The highest BCUT2D eigenvalue weighted by Crippen LogP contribution is 2.24. The van der Waals surface area contributed by atoms with Gasteiger partial charge >= 0.3 is 5.97 Å². The van der Waals surface area contributed by atoms with Crippen molar-refractivity contribution < 1.29 is 13.9 Å². The second kappa shape index (κ2) is 5.63. The highest BCUT2D eigenvalue weighted by molar-refractivity contribution is 9.10. The summed E-state index contributed by atoms with van der Waals surface area (Å²) in [5.41, 5.74) is 0.347. The van der Waals surface area contributed by atoms with Gasteiger partial charge in [-0.3, -0.25) is 0 Å². The van der Waals surface area contributed by atoms with E-state index in [2.05, 4.69) is 31.9 Å². The van der Waals surface area contributed by atoms with E-state index in [1.807, 2.05) is 0 Å². The topological polar surface area (TPSA) is 26.3 Å². The third-order valence-electron chi connectivity index (χ3n) is 2.19. The first kappa shape index (κ1) is 13.2. The summed E-state index contributed by atoms with van der Waals surface area (Å²) < 4.78 is 19.7. The van der Waals surface area contributed by atoms with Crippen LogP contribution >= 0.6 is 31.9 Å². The average molecular weight is 374 g/mol. The fraction of sp³-hybridized carbons (Fsp3) is 0. The van der Waals surface area contributed by atoms with E-state index >= 15 is 0 Å². The number of esters is 1. The second-order valence-corrected chi connectivity index (χ2v) is 5.21. The van der Waals surface area contributed by atoms with Gasteiger partial charge < -0.3 is 4.74 Å². The highest BCUT2D eigenvalue weighted by atomic mass is 79.9. The van der Waals surface area contributed by atoms with E-state index < -0.39 is 11.8 Å². The SMILES string of the molecule is O=C(Oc1ccc(Br)cc1F)c1ccccc1Br. The summed E-state index contributed by atoms with van der Waals surface area (Å²) in [6.45, 7) is 0. The molecule has 92 valence electrons. The number of hydrogen-bond acceptors (Lipinski definition) is 2. The fourth-order valence-corrected chi connectivity index (χ4v) is 2.12. The van der Waals surface area contributed by atoms with Crippen molar-refractivity contribution in [1.29, 1.82) is 0 Å². The molecule has 0 radical (unpaired) electrons. The Balaban J connectivity index is 2.24. The van der Waals surface area contributed by atoms with Crippen LogP contribution in [-0.2, 0) is 0 Å². The molecule has 0 spiro atoms. The number of benzene rings is 2. The van der Waals surface area contributed by atoms with Gasteiger partial charge in [0.25, 0.3) is 0 Å². The molecular weight excluding hydrogens is 367 g/mol.